The SMILES string of the molecule is [2H]c1c([2H])c([2H])c(-c2cc3c4c(c2)n(-c2[c-]c(Oc5[c-]c6c(cc5)c5ccccc5n6-c5cc(C(C)(C)C)ccn5)ccc2)[c-][n+]4-c2c(-c4cc(C(C)(C)C)cc(C(C)(C)C)c4)cc(C(C)(C)C)cc2-c2cc4c(cc2-c2ccccc2-3)C(C)(C)CCC4(C)C)c([2H])c1[2H].[Pt]. The molecule has 12 aromatic rings. The smallest absolute Gasteiger partial charge is 0.268 e. The Labute approximate surface area is 555 Å². The number of ether oxygens (including phenoxy) is 1. The first-order chi connectivity index (χ1) is 44.2. The largest absolute Gasteiger partial charge is 0.510 e. The van der Waals surface area contributed by atoms with E-state index in [1.807, 2.05) is 47.2 Å². The molecule has 0 bridgehead atoms. The predicted octanol–water partition coefficient (Wildman–Crippen LogP) is 21.8. The molecule has 0 fully saturated rings. The first-order valence-electron chi connectivity index (χ1n) is 34.1. The minimum atomic E-state index is -0.448. The summed E-state index contributed by atoms with van der Waals surface area (Å²) in [6, 6.07) is 57.8. The molecule has 0 unspecified atom stereocenters. The molecular formula is C84H82N4OPt-2. The van der Waals surface area contributed by atoms with Crippen LogP contribution in [0.4, 0.5) is 0 Å². The van der Waals surface area contributed by atoms with E-state index in [2.05, 4.69) is 248 Å². The molecule has 0 saturated carbocycles. The summed E-state index contributed by atoms with van der Waals surface area (Å²) in [5.74, 6) is 1.72. The van der Waals surface area contributed by atoms with Crippen LogP contribution in [0, 0.1) is 18.5 Å². The number of nitrogens with zero attached hydrogens (tertiary/aromatic N) is 4. The van der Waals surface area contributed by atoms with E-state index in [-0.39, 0.29) is 71.2 Å². The van der Waals surface area contributed by atoms with E-state index in [1.54, 1.807) is 0 Å². The molecule has 0 amide bonds. The zero-order valence-electron chi connectivity index (χ0n) is 59.9. The first-order valence-corrected chi connectivity index (χ1v) is 31.6. The molecule has 0 saturated heterocycles. The van der Waals surface area contributed by atoms with Gasteiger partial charge in [0, 0.05) is 44.3 Å². The number of hydrogen-bond donors (Lipinski definition) is 0. The molecule has 14 rings (SSSR count). The minimum Gasteiger partial charge on any atom is -0.510 e. The molecule has 1 aliphatic heterocycles. The summed E-state index contributed by atoms with van der Waals surface area (Å²) in [6.07, 6.45) is 8.01. The van der Waals surface area contributed by atoms with E-state index in [0.29, 0.717) is 28.3 Å². The maximum Gasteiger partial charge on any atom is 0.268 e. The van der Waals surface area contributed by atoms with Crippen LogP contribution < -0.4 is 9.30 Å². The third-order valence-corrected chi connectivity index (χ3v) is 19.1. The molecule has 3 aromatic heterocycles. The van der Waals surface area contributed by atoms with Crippen molar-refractivity contribution in [2.24, 2.45) is 0 Å². The Kier molecular flexibility index (Phi) is 13.1. The third-order valence-electron chi connectivity index (χ3n) is 19.1. The van der Waals surface area contributed by atoms with Gasteiger partial charge in [0.05, 0.1) is 23.6 Å². The van der Waals surface area contributed by atoms with E-state index in [4.69, 9.17) is 13.8 Å². The number of fused-ring (bicyclic) bond motifs is 11. The average Bonchev–Trinajstić information content (AvgIpc) is 1.59. The molecule has 6 heteroatoms. The van der Waals surface area contributed by atoms with E-state index in [0.717, 1.165) is 96.2 Å². The van der Waals surface area contributed by atoms with Crippen molar-refractivity contribution >= 4 is 32.8 Å². The zero-order valence-corrected chi connectivity index (χ0v) is 57.1. The van der Waals surface area contributed by atoms with Crippen molar-refractivity contribution in [1.29, 1.82) is 0 Å². The van der Waals surface area contributed by atoms with Gasteiger partial charge in [-0.05, 0) is 176 Å². The number of rotatable bonds is 6. The topological polar surface area (TPSA) is 35.9 Å². The van der Waals surface area contributed by atoms with Crippen LogP contribution in [0.5, 0.6) is 11.5 Å². The number of imidazole rings is 1. The summed E-state index contributed by atoms with van der Waals surface area (Å²) >= 11 is 0. The third kappa shape index (κ3) is 10.5. The predicted molar refractivity (Wildman–Crippen MR) is 371 cm³/mol. The summed E-state index contributed by atoms with van der Waals surface area (Å²) in [7, 11) is 0. The summed E-state index contributed by atoms with van der Waals surface area (Å²) < 4.78 is 59.4. The normalized spacial score (nSPS) is 15.2. The molecule has 456 valence electrons. The van der Waals surface area contributed by atoms with Crippen molar-refractivity contribution in [3.05, 3.63) is 234 Å². The van der Waals surface area contributed by atoms with Gasteiger partial charge in [-0.15, -0.1) is 29.7 Å². The summed E-state index contributed by atoms with van der Waals surface area (Å²) in [6.45, 7) is 36.9. The molecule has 9 aromatic carbocycles. The molecule has 1 aliphatic carbocycles. The molecule has 0 atom stereocenters. The second-order valence-electron chi connectivity index (χ2n) is 30.5. The van der Waals surface area contributed by atoms with Crippen LogP contribution in [0.15, 0.2) is 182 Å². The summed E-state index contributed by atoms with van der Waals surface area (Å²) in [5.41, 5.74) is 20.0. The average molecular weight is 1360 g/mol. The van der Waals surface area contributed by atoms with Crippen molar-refractivity contribution in [2.45, 2.75) is 156 Å². The van der Waals surface area contributed by atoms with Gasteiger partial charge in [-0.1, -0.05) is 231 Å². The van der Waals surface area contributed by atoms with Crippen LogP contribution in [0.2, 0.25) is 0 Å². The molecule has 2 aliphatic rings. The molecule has 4 heterocycles. The van der Waals surface area contributed by atoms with Crippen LogP contribution in [0.3, 0.4) is 0 Å². The van der Waals surface area contributed by atoms with Gasteiger partial charge >= 0.3 is 0 Å². The van der Waals surface area contributed by atoms with Gasteiger partial charge in [0.2, 0.25) is 0 Å². The second kappa shape index (κ2) is 21.5. The van der Waals surface area contributed by atoms with Gasteiger partial charge in [-0.25, -0.2) is 4.98 Å². The van der Waals surface area contributed by atoms with E-state index < -0.39 is 18.1 Å². The molecule has 0 radical (unpaired) electrons. The fourth-order valence-corrected chi connectivity index (χ4v) is 13.6. The zero-order chi connectivity index (χ0) is 66.8. The van der Waals surface area contributed by atoms with Gasteiger partial charge in [0.1, 0.15) is 5.82 Å². The number of aromatic nitrogens is 4. The maximum atomic E-state index is 9.56. The van der Waals surface area contributed by atoms with Crippen LogP contribution >= 0.6 is 0 Å². The van der Waals surface area contributed by atoms with Crippen LogP contribution in [-0.4, -0.2) is 14.1 Å². The van der Waals surface area contributed by atoms with Crippen molar-refractivity contribution in [3.8, 4) is 84.3 Å². The van der Waals surface area contributed by atoms with Crippen molar-refractivity contribution < 1.29 is 37.2 Å². The maximum absolute atomic E-state index is 9.56. The number of hydrogen-bond acceptors (Lipinski definition) is 2. The molecule has 0 N–H and O–H groups in total. The van der Waals surface area contributed by atoms with Gasteiger partial charge in [-0.2, -0.15) is 18.2 Å². The van der Waals surface area contributed by atoms with Gasteiger partial charge in [-0.3, -0.25) is 4.57 Å². The summed E-state index contributed by atoms with van der Waals surface area (Å²) in [5, 5.41) is 2.10. The van der Waals surface area contributed by atoms with Crippen LogP contribution in [-0.2, 0) is 53.6 Å². The Morgan fingerprint density at radius 1 is 0.489 bits per heavy atom. The Bertz CT molecular complexity index is 5110. The van der Waals surface area contributed by atoms with Crippen LogP contribution in [0.25, 0.3) is 106 Å². The van der Waals surface area contributed by atoms with Gasteiger partial charge in [0.15, 0.2) is 0 Å². The number of pyridine rings is 1. The quantitative estimate of drug-likeness (QED) is 0.123. The molecule has 0 spiro atoms. The van der Waals surface area contributed by atoms with Crippen molar-refractivity contribution in [1.82, 2.24) is 14.1 Å². The van der Waals surface area contributed by atoms with E-state index in [1.165, 1.54) is 33.4 Å². The van der Waals surface area contributed by atoms with Gasteiger partial charge in [0.25, 0.3) is 6.33 Å². The molecule has 90 heavy (non-hydrogen) atoms. The van der Waals surface area contributed by atoms with Gasteiger partial charge < -0.3 is 13.9 Å². The Morgan fingerprint density at radius 3 is 1.73 bits per heavy atom. The molecule has 5 nitrogen and oxygen atoms in total. The first kappa shape index (κ1) is 54.8. The van der Waals surface area contributed by atoms with E-state index >= 15 is 0 Å². The Morgan fingerprint density at radius 2 is 1.08 bits per heavy atom. The number of para-hydroxylation sites is 1. The van der Waals surface area contributed by atoms with E-state index in [9.17, 15) is 2.74 Å². The minimum absolute atomic E-state index is 0. The summed E-state index contributed by atoms with van der Waals surface area (Å²) in [4.78, 5) is 4.93. The van der Waals surface area contributed by atoms with Crippen molar-refractivity contribution in [2.75, 3.05) is 0 Å². The van der Waals surface area contributed by atoms with Crippen molar-refractivity contribution in [3.63, 3.8) is 0 Å². The fourth-order valence-electron chi connectivity index (χ4n) is 13.6. The van der Waals surface area contributed by atoms with Crippen LogP contribution in [0.1, 0.15) is 164 Å². The number of benzene rings is 9. The fraction of sp³-hybridized carbons (Fsp3) is 0.286. The second-order valence-corrected chi connectivity index (χ2v) is 30.5. The standard InChI is InChI=1S/C84H82N4O.Pt/c1-79(2,3)55-35-38-85-76(46-55)88-73-32-23-22-31-64(73)65-34-33-61(48-74(65)88)89-60-28-24-27-59(47-60)86-51-87-77-66(54-39-56(80(4,5)6)43-57(40-54)81(7,8)9)44-58(82(10,11)12)45-70(77)68-50-72-71(83(13,14)36-37-84(72,15)16)49-67(68)62-29-20-21-30-63(62)69-41-53(42-75(86)78(69)87)52-25-18-17-19-26-52;/h17-35,38-46,49-50H,36-37H2,1-16H3;/q-2;/i17D,18D,19D,25D,26D;. The molecular weight excluding hydrogens is 1280 g/mol. The Hall–Kier alpha value is -8.11. The monoisotopic (exact) mass is 1360 g/mol. The Balaban J connectivity index is 0.00000818.